The van der Waals surface area contributed by atoms with Gasteiger partial charge in [0.05, 0.1) is 13.1 Å². The van der Waals surface area contributed by atoms with Crippen LogP contribution < -0.4 is 0 Å². The second-order valence-electron chi connectivity index (χ2n) is 5.12. The van der Waals surface area contributed by atoms with Gasteiger partial charge >= 0.3 is 0 Å². The molecule has 0 heterocycles. The molecule has 0 rings (SSSR count). The Morgan fingerprint density at radius 3 is 1.44 bits per heavy atom. The quantitative estimate of drug-likeness (QED) is 0.418. The fourth-order valence-electron chi connectivity index (χ4n) is 1.30. The second kappa shape index (κ2) is 10.8. The van der Waals surface area contributed by atoms with Crippen molar-refractivity contribution >= 4 is 12.4 Å². The molecule has 0 amide bonds. The van der Waals surface area contributed by atoms with Crippen LogP contribution in [-0.2, 0) is 0 Å². The first-order chi connectivity index (χ1) is 7.63. The van der Waals surface area contributed by atoms with E-state index >= 15 is 0 Å². The maximum atomic E-state index is 4.34. The zero-order chi connectivity index (χ0) is 12.2. The van der Waals surface area contributed by atoms with Crippen molar-refractivity contribution in [1.29, 1.82) is 0 Å². The highest BCUT2D eigenvalue weighted by atomic mass is 14.8. The van der Waals surface area contributed by atoms with E-state index in [0.29, 0.717) is 0 Å². The van der Waals surface area contributed by atoms with Crippen molar-refractivity contribution in [2.45, 2.75) is 53.4 Å². The van der Waals surface area contributed by atoms with Gasteiger partial charge in [0.15, 0.2) is 0 Å². The molecule has 0 saturated carbocycles. The summed E-state index contributed by atoms with van der Waals surface area (Å²) in [4.78, 5) is 8.67. The highest BCUT2D eigenvalue weighted by Gasteiger charge is 1.90. The molecule has 0 radical (unpaired) electrons. The molecule has 0 bridgehead atoms. The van der Waals surface area contributed by atoms with Gasteiger partial charge in [0.1, 0.15) is 0 Å². The third-order valence-corrected chi connectivity index (χ3v) is 2.36. The lowest BCUT2D eigenvalue weighted by atomic mass is 10.1. The molecule has 2 heteroatoms. The third-order valence-electron chi connectivity index (χ3n) is 2.36. The smallest absolute Gasteiger partial charge is 0.0581 e. The van der Waals surface area contributed by atoms with Crippen molar-refractivity contribution in [3.63, 3.8) is 0 Å². The van der Waals surface area contributed by atoms with E-state index in [0.717, 1.165) is 37.8 Å². The maximum absolute atomic E-state index is 4.34. The van der Waals surface area contributed by atoms with Gasteiger partial charge < -0.3 is 0 Å². The van der Waals surface area contributed by atoms with Gasteiger partial charge in [0, 0.05) is 0 Å². The predicted molar refractivity (Wildman–Crippen MR) is 74.9 cm³/mol. The van der Waals surface area contributed by atoms with Gasteiger partial charge in [-0.05, 0) is 49.9 Å². The fraction of sp³-hybridized carbons (Fsp3) is 0.857. The molecule has 0 aliphatic carbocycles. The van der Waals surface area contributed by atoms with Gasteiger partial charge in [-0.15, -0.1) is 0 Å². The second-order valence-corrected chi connectivity index (χ2v) is 5.12. The van der Waals surface area contributed by atoms with E-state index in [4.69, 9.17) is 0 Å². The third kappa shape index (κ3) is 13.3. The van der Waals surface area contributed by atoms with E-state index in [1.807, 2.05) is 12.4 Å². The summed E-state index contributed by atoms with van der Waals surface area (Å²) in [6.45, 7) is 10.7. The first kappa shape index (κ1) is 15.3. The Morgan fingerprint density at radius 2 is 1.12 bits per heavy atom. The lowest BCUT2D eigenvalue weighted by Gasteiger charge is -1.99. The molecule has 0 unspecified atom stereocenters. The normalized spacial score (nSPS) is 12.6. The first-order valence-electron chi connectivity index (χ1n) is 6.59. The minimum Gasteiger partial charge on any atom is -0.296 e. The van der Waals surface area contributed by atoms with E-state index in [1.165, 1.54) is 12.8 Å². The Labute approximate surface area is 101 Å². The topological polar surface area (TPSA) is 24.7 Å². The van der Waals surface area contributed by atoms with E-state index in [9.17, 15) is 0 Å². The number of rotatable bonds is 9. The van der Waals surface area contributed by atoms with Crippen molar-refractivity contribution in [2.24, 2.45) is 21.8 Å². The Hall–Kier alpha value is -0.660. The molecular formula is C14H28N2. The standard InChI is InChI=1S/C14H28N2/c1-13(2)7-5-9-15-11-12-16-10-6-8-14(3)4/h9-10,13-14H,5-8,11-12H2,1-4H3. The number of nitrogens with zero attached hydrogens (tertiary/aromatic N) is 2. The molecule has 16 heavy (non-hydrogen) atoms. The summed E-state index contributed by atoms with van der Waals surface area (Å²) < 4.78 is 0. The van der Waals surface area contributed by atoms with Crippen molar-refractivity contribution in [2.75, 3.05) is 13.1 Å². The molecule has 2 nitrogen and oxygen atoms in total. The van der Waals surface area contributed by atoms with Crippen LogP contribution in [0.15, 0.2) is 9.98 Å². The lowest BCUT2D eigenvalue weighted by Crippen LogP contribution is -1.92. The largest absolute Gasteiger partial charge is 0.296 e. The van der Waals surface area contributed by atoms with E-state index in [-0.39, 0.29) is 0 Å². The van der Waals surface area contributed by atoms with Crippen molar-refractivity contribution < 1.29 is 0 Å². The molecule has 0 aliphatic heterocycles. The summed E-state index contributed by atoms with van der Waals surface area (Å²) in [7, 11) is 0. The van der Waals surface area contributed by atoms with Crippen LogP contribution in [0.25, 0.3) is 0 Å². The summed E-state index contributed by atoms with van der Waals surface area (Å²) in [6, 6.07) is 0. The van der Waals surface area contributed by atoms with Crippen LogP contribution in [0.2, 0.25) is 0 Å². The summed E-state index contributed by atoms with van der Waals surface area (Å²) in [5.41, 5.74) is 0. The average Bonchev–Trinajstić information content (AvgIpc) is 2.20. The van der Waals surface area contributed by atoms with Crippen LogP contribution in [0.1, 0.15) is 53.4 Å². The molecule has 0 aromatic carbocycles. The number of hydrogen-bond donors (Lipinski definition) is 0. The van der Waals surface area contributed by atoms with Gasteiger partial charge in [-0.3, -0.25) is 9.98 Å². The van der Waals surface area contributed by atoms with Crippen LogP contribution in [-0.4, -0.2) is 25.5 Å². The van der Waals surface area contributed by atoms with Crippen LogP contribution in [0.3, 0.4) is 0 Å². The van der Waals surface area contributed by atoms with Crippen molar-refractivity contribution in [1.82, 2.24) is 0 Å². The highest BCUT2D eigenvalue weighted by Crippen LogP contribution is 2.01. The molecule has 0 spiro atoms. The van der Waals surface area contributed by atoms with Crippen LogP contribution in [0.4, 0.5) is 0 Å². The van der Waals surface area contributed by atoms with Crippen LogP contribution in [0, 0.1) is 11.8 Å². The minimum atomic E-state index is 0.778. The Kier molecular flexibility index (Phi) is 10.4. The first-order valence-corrected chi connectivity index (χ1v) is 6.59. The van der Waals surface area contributed by atoms with Gasteiger partial charge in [-0.1, -0.05) is 27.7 Å². The summed E-state index contributed by atoms with van der Waals surface area (Å²) in [6.07, 6.45) is 8.78. The molecule has 0 saturated heterocycles. The molecule has 0 fully saturated rings. The predicted octanol–water partition coefficient (Wildman–Crippen LogP) is 4.00. The molecule has 0 atom stereocenters. The van der Waals surface area contributed by atoms with Crippen LogP contribution >= 0.6 is 0 Å². The fourth-order valence-corrected chi connectivity index (χ4v) is 1.30. The van der Waals surface area contributed by atoms with Crippen molar-refractivity contribution in [3.8, 4) is 0 Å². The number of aliphatic imine (C=N–C) groups is 2. The minimum absolute atomic E-state index is 0.778. The van der Waals surface area contributed by atoms with Gasteiger partial charge in [-0.2, -0.15) is 0 Å². The van der Waals surface area contributed by atoms with Crippen LogP contribution in [0.5, 0.6) is 0 Å². The summed E-state index contributed by atoms with van der Waals surface area (Å²) >= 11 is 0. The number of hydrogen-bond acceptors (Lipinski definition) is 2. The lowest BCUT2D eigenvalue weighted by molar-refractivity contribution is 0.605. The maximum Gasteiger partial charge on any atom is 0.0581 e. The van der Waals surface area contributed by atoms with E-state index < -0.39 is 0 Å². The Balaban J connectivity index is 3.25. The Morgan fingerprint density at radius 1 is 0.750 bits per heavy atom. The zero-order valence-electron chi connectivity index (χ0n) is 11.4. The molecule has 0 aromatic rings. The van der Waals surface area contributed by atoms with Gasteiger partial charge in [-0.25, -0.2) is 0 Å². The van der Waals surface area contributed by atoms with E-state index in [1.54, 1.807) is 0 Å². The van der Waals surface area contributed by atoms with E-state index in [2.05, 4.69) is 37.7 Å². The SMILES string of the molecule is CC(C)CCC=NCCN=CCCC(C)C. The van der Waals surface area contributed by atoms with Gasteiger partial charge in [0.25, 0.3) is 0 Å². The zero-order valence-corrected chi connectivity index (χ0v) is 11.4. The van der Waals surface area contributed by atoms with Gasteiger partial charge in [0.2, 0.25) is 0 Å². The molecule has 0 N–H and O–H groups in total. The summed E-state index contributed by atoms with van der Waals surface area (Å²) in [5, 5.41) is 0. The highest BCUT2D eigenvalue weighted by molar-refractivity contribution is 5.58. The average molecular weight is 224 g/mol. The molecule has 0 aliphatic rings. The Bertz CT molecular complexity index is 171. The molecule has 94 valence electrons. The molecule has 0 aromatic heterocycles. The molecular weight excluding hydrogens is 196 g/mol. The monoisotopic (exact) mass is 224 g/mol. The summed E-state index contributed by atoms with van der Waals surface area (Å²) in [5.74, 6) is 1.56. The van der Waals surface area contributed by atoms with Crippen molar-refractivity contribution in [3.05, 3.63) is 0 Å².